The highest BCUT2D eigenvalue weighted by Crippen LogP contribution is 2.48. The minimum absolute atomic E-state index is 0.294. The third kappa shape index (κ3) is 5.74. The number of anilines is 2. The predicted octanol–water partition coefficient (Wildman–Crippen LogP) is 6.90. The largest absolute Gasteiger partial charge is 0.457 e. The molecular weight excluding hydrogens is 604 g/mol. The Morgan fingerprint density at radius 3 is 1.18 bits per heavy atom. The molecule has 0 unspecified atom stereocenters. The molecule has 0 spiro atoms. The Balaban J connectivity index is 1.69. The van der Waals surface area contributed by atoms with Crippen molar-refractivity contribution < 1.29 is 35.4 Å². The monoisotopic (exact) mass is 628 g/mol. The molecule has 0 heterocycles. The van der Waals surface area contributed by atoms with Crippen molar-refractivity contribution in [3.05, 3.63) is 109 Å². The Kier molecular flexibility index (Phi) is 7.14. The van der Waals surface area contributed by atoms with E-state index >= 15 is 0 Å². The van der Waals surface area contributed by atoms with Crippen molar-refractivity contribution in [2.24, 2.45) is 0 Å². The van der Waals surface area contributed by atoms with E-state index in [9.17, 15) is 25.9 Å². The molecule has 222 valence electrons. The highest BCUT2D eigenvalue weighted by molar-refractivity contribution is 7.86. The van der Waals surface area contributed by atoms with E-state index in [1.807, 2.05) is 0 Å². The van der Waals surface area contributed by atoms with Gasteiger partial charge in [0.25, 0.3) is 20.2 Å². The van der Waals surface area contributed by atoms with Crippen molar-refractivity contribution in [3.8, 4) is 34.1 Å². The topological polar surface area (TPSA) is 179 Å². The van der Waals surface area contributed by atoms with Gasteiger partial charge in [-0.05, 0) is 106 Å². The van der Waals surface area contributed by atoms with Crippen LogP contribution >= 0.6 is 0 Å². The number of rotatable bonds is 7. The quantitative estimate of drug-likeness (QED) is 0.107. The summed E-state index contributed by atoms with van der Waals surface area (Å²) in [6, 6.07) is 28.4. The first-order valence-electron chi connectivity index (χ1n) is 13.0. The lowest BCUT2D eigenvalue weighted by atomic mass is 9.92. The van der Waals surface area contributed by atoms with E-state index < -0.39 is 20.2 Å². The van der Waals surface area contributed by atoms with E-state index in [-0.39, 0.29) is 9.79 Å². The average Bonchev–Trinajstić information content (AvgIpc) is 2.98. The van der Waals surface area contributed by atoms with Crippen LogP contribution in [0.4, 0.5) is 11.4 Å². The minimum atomic E-state index is -4.50. The lowest BCUT2D eigenvalue weighted by Crippen LogP contribution is -2.00. The number of hydrogen-bond donors (Lipinski definition) is 4. The van der Waals surface area contributed by atoms with E-state index in [0.29, 0.717) is 67.0 Å². The summed E-state index contributed by atoms with van der Waals surface area (Å²) in [6.07, 6.45) is 0. The Labute approximate surface area is 252 Å². The molecule has 44 heavy (non-hydrogen) atoms. The first-order chi connectivity index (χ1) is 20.9. The van der Waals surface area contributed by atoms with Crippen molar-refractivity contribution in [2.75, 3.05) is 11.5 Å². The van der Waals surface area contributed by atoms with Gasteiger partial charge in [0.15, 0.2) is 0 Å². The van der Waals surface area contributed by atoms with Gasteiger partial charge in [0.2, 0.25) is 0 Å². The van der Waals surface area contributed by atoms with Gasteiger partial charge in [-0.3, -0.25) is 9.11 Å². The molecule has 0 aliphatic carbocycles. The van der Waals surface area contributed by atoms with Gasteiger partial charge >= 0.3 is 0 Å². The summed E-state index contributed by atoms with van der Waals surface area (Å²) in [6.45, 7) is 0. The van der Waals surface area contributed by atoms with Crippen LogP contribution in [-0.2, 0) is 20.2 Å². The average molecular weight is 629 g/mol. The molecule has 0 amide bonds. The number of nitrogen functional groups attached to an aromatic ring is 2. The van der Waals surface area contributed by atoms with Crippen LogP contribution in [0.15, 0.2) is 119 Å². The molecule has 6 N–H and O–H groups in total. The molecule has 0 aromatic heterocycles. The molecule has 6 aromatic rings. The fraction of sp³-hybridized carbons (Fsp3) is 0. The van der Waals surface area contributed by atoms with E-state index in [1.54, 1.807) is 84.9 Å². The first kappa shape index (κ1) is 29.0. The molecule has 0 aliphatic rings. The van der Waals surface area contributed by atoms with Gasteiger partial charge < -0.3 is 20.9 Å². The minimum Gasteiger partial charge on any atom is -0.457 e. The zero-order valence-corrected chi connectivity index (χ0v) is 24.3. The summed E-state index contributed by atoms with van der Waals surface area (Å²) in [5.74, 6) is 1.64. The maximum absolute atomic E-state index is 12.0. The number of nitrogens with two attached hydrogens (primary N) is 2. The van der Waals surface area contributed by atoms with Crippen molar-refractivity contribution in [2.45, 2.75) is 9.79 Å². The maximum atomic E-state index is 12.0. The molecule has 0 bridgehead atoms. The van der Waals surface area contributed by atoms with Crippen molar-refractivity contribution in [1.29, 1.82) is 0 Å². The van der Waals surface area contributed by atoms with Crippen LogP contribution in [0.3, 0.4) is 0 Å². The van der Waals surface area contributed by atoms with Crippen LogP contribution in [0, 0.1) is 0 Å². The Hall–Kier alpha value is -5.14. The molecule has 0 aliphatic heterocycles. The van der Waals surface area contributed by atoms with Crippen LogP contribution in [0.1, 0.15) is 0 Å². The van der Waals surface area contributed by atoms with Crippen LogP contribution in [0.25, 0.3) is 32.7 Å². The van der Waals surface area contributed by atoms with Gasteiger partial charge in [-0.15, -0.1) is 0 Å². The normalized spacial score (nSPS) is 12.0. The highest BCUT2D eigenvalue weighted by Gasteiger charge is 2.22. The standard InChI is InChI=1S/C32H24N2O8S2/c33-21-3-7-23(8-4-21)41-29-15-1-19-17-25(43(35,36)37)11-13-27(19)31(29)32-28-14-12-26(44(38,39)40)18-20(28)2-16-30(32)42-24-9-5-22(34)6-10-24/h1-18H,33-34H2,(H,35,36,37)(H,38,39,40). The van der Waals surface area contributed by atoms with Crippen LogP contribution in [0.5, 0.6) is 23.0 Å². The lowest BCUT2D eigenvalue weighted by molar-refractivity contribution is 0.478. The van der Waals surface area contributed by atoms with E-state index in [2.05, 4.69) is 0 Å². The van der Waals surface area contributed by atoms with Gasteiger partial charge in [-0.1, -0.05) is 24.3 Å². The van der Waals surface area contributed by atoms with Gasteiger partial charge in [-0.25, -0.2) is 0 Å². The second kappa shape index (κ2) is 10.8. The van der Waals surface area contributed by atoms with Crippen molar-refractivity contribution in [1.82, 2.24) is 0 Å². The summed E-state index contributed by atoms with van der Waals surface area (Å²) >= 11 is 0. The first-order valence-corrected chi connectivity index (χ1v) is 15.9. The molecule has 6 rings (SSSR count). The number of hydrogen-bond acceptors (Lipinski definition) is 8. The molecule has 0 atom stereocenters. The van der Waals surface area contributed by atoms with Crippen molar-refractivity contribution in [3.63, 3.8) is 0 Å². The van der Waals surface area contributed by atoms with Gasteiger partial charge in [0, 0.05) is 22.5 Å². The Bertz CT molecular complexity index is 2120. The van der Waals surface area contributed by atoms with Crippen LogP contribution in [-0.4, -0.2) is 25.9 Å². The summed E-state index contributed by atoms with van der Waals surface area (Å²) in [5, 5.41) is 2.01. The van der Waals surface area contributed by atoms with E-state index in [1.165, 1.54) is 24.3 Å². The fourth-order valence-electron chi connectivity index (χ4n) is 4.91. The van der Waals surface area contributed by atoms with E-state index in [4.69, 9.17) is 20.9 Å². The molecule has 0 fully saturated rings. The zero-order valence-electron chi connectivity index (χ0n) is 22.7. The zero-order chi connectivity index (χ0) is 31.2. The summed E-state index contributed by atoms with van der Waals surface area (Å²) in [7, 11) is -9.00. The molecule has 0 radical (unpaired) electrons. The number of ether oxygens (including phenoxy) is 2. The van der Waals surface area contributed by atoms with Crippen molar-refractivity contribution >= 4 is 53.2 Å². The summed E-state index contributed by atoms with van der Waals surface area (Å²) in [4.78, 5) is -0.588. The predicted molar refractivity (Wildman–Crippen MR) is 168 cm³/mol. The molecule has 12 heteroatoms. The Morgan fingerprint density at radius 1 is 0.477 bits per heavy atom. The maximum Gasteiger partial charge on any atom is 0.294 e. The highest BCUT2D eigenvalue weighted by atomic mass is 32.2. The number of benzene rings is 6. The molecular formula is C32H24N2O8S2. The van der Waals surface area contributed by atoms with E-state index in [0.717, 1.165) is 0 Å². The fourth-order valence-corrected chi connectivity index (χ4v) is 5.94. The third-order valence-corrected chi connectivity index (χ3v) is 8.67. The van der Waals surface area contributed by atoms with Crippen LogP contribution in [0.2, 0.25) is 0 Å². The smallest absolute Gasteiger partial charge is 0.294 e. The Morgan fingerprint density at radius 2 is 0.841 bits per heavy atom. The number of fused-ring (bicyclic) bond motifs is 2. The third-order valence-electron chi connectivity index (χ3n) is 6.97. The SMILES string of the molecule is Nc1ccc(Oc2ccc3cc(S(=O)(=O)O)ccc3c2-c2c(Oc3ccc(N)cc3)ccc3cc(S(=O)(=O)O)ccc23)cc1. The second-order valence-corrected chi connectivity index (χ2v) is 12.8. The molecule has 6 aromatic carbocycles. The second-order valence-electron chi connectivity index (χ2n) is 9.94. The molecule has 10 nitrogen and oxygen atoms in total. The van der Waals surface area contributed by atoms with Gasteiger partial charge in [0.05, 0.1) is 9.79 Å². The van der Waals surface area contributed by atoms with Gasteiger partial charge in [-0.2, -0.15) is 16.8 Å². The summed E-state index contributed by atoms with van der Waals surface area (Å²) in [5.41, 5.74) is 13.8. The lowest BCUT2D eigenvalue weighted by Gasteiger charge is -2.20. The molecule has 0 saturated heterocycles. The van der Waals surface area contributed by atoms with Gasteiger partial charge in [0.1, 0.15) is 23.0 Å². The molecule has 0 saturated carbocycles. The van der Waals surface area contributed by atoms with Crippen LogP contribution < -0.4 is 20.9 Å². The summed E-state index contributed by atoms with van der Waals surface area (Å²) < 4.78 is 79.9.